The van der Waals surface area contributed by atoms with Crippen LogP contribution in [0.3, 0.4) is 0 Å². The molecular weight excluding hydrogens is 977 g/mol. The Hall–Kier alpha value is -8.06. The highest BCUT2D eigenvalue weighted by molar-refractivity contribution is 6.12. The van der Waals surface area contributed by atoms with E-state index in [0.29, 0.717) is 83.1 Å². The topological polar surface area (TPSA) is 225 Å². The number of ketones is 1. The molecule has 3 amide bonds. The van der Waals surface area contributed by atoms with Gasteiger partial charge < -0.3 is 38.2 Å². The molecule has 0 bridgehead atoms. The number of hydrogen-bond donors (Lipinski definition) is 0. The summed E-state index contributed by atoms with van der Waals surface area (Å²) in [5, 5.41) is 16.4. The maximum Gasteiger partial charge on any atom is 0.335 e. The van der Waals surface area contributed by atoms with Crippen molar-refractivity contribution in [2.24, 2.45) is 0 Å². The second kappa shape index (κ2) is 26.4. The van der Waals surface area contributed by atoms with E-state index < -0.39 is 48.1 Å². The number of nitrogens with zero attached hydrogens (tertiary/aromatic N) is 6. The number of carbonyl (C=O) groups excluding carboxylic acids is 6. The van der Waals surface area contributed by atoms with Crippen LogP contribution in [0, 0.1) is 27.7 Å². The lowest BCUT2D eigenvalue weighted by molar-refractivity contribution is -0.197. The molecule has 3 heterocycles. The number of likely N-dealkylation sites (tertiary alicyclic amines) is 1. The Morgan fingerprint density at radius 3 is 2.20 bits per heavy atom. The fraction of sp³-hybridized carbons (Fsp3) is 0.404. The molecule has 1 aromatic heterocycles. The number of piperidine rings is 1. The number of esters is 1. The number of hydrogen-bond acceptors (Lipinski definition) is 17. The zero-order valence-electron chi connectivity index (χ0n) is 43.9. The van der Waals surface area contributed by atoms with Crippen LogP contribution in [0.4, 0.5) is 0 Å². The van der Waals surface area contributed by atoms with Gasteiger partial charge in [0.1, 0.15) is 30.3 Å². The van der Waals surface area contributed by atoms with E-state index in [1.807, 2.05) is 32.0 Å². The second-order valence-electron chi connectivity index (χ2n) is 18.6. The van der Waals surface area contributed by atoms with E-state index in [4.69, 9.17) is 33.3 Å². The molecule has 400 valence electrons. The Balaban J connectivity index is 1.02. The number of Topliss-reactive ketones (excluding diaryl/α,β-unsaturated/α-hetero) is 1. The van der Waals surface area contributed by atoms with E-state index in [1.54, 1.807) is 68.5 Å². The summed E-state index contributed by atoms with van der Waals surface area (Å²) in [6, 6.07) is 23.0. The molecular formula is C57H64N6O13. The second-order valence-corrected chi connectivity index (χ2v) is 18.6. The van der Waals surface area contributed by atoms with Crippen LogP contribution < -0.4 is 18.9 Å². The molecule has 4 atom stereocenters. The molecule has 5 aromatic rings. The number of amides is 3. The van der Waals surface area contributed by atoms with Crippen molar-refractivity contribution in [3.05, 3.63) is 130 Å². The third kappa shape index (κ3) is 14.6. The van der Waals surface area contributed by atoms with Crippen LogP contribution in [0.2, 0.25) is 0 Å². The summed E-state index contributed by atoms with van der Waals surface area (Å²) in [5.41, 5.74) is 6.29. The van der Waals surface area contributed by atoms with Crippen molar-refractivity contribution in [2.45, 2.75) is 117 Å². The number of rotatable bonds is 25. The van der Waals surface area contributed by atoms with Gasteiger partial charge in [-0.15, -0.1) is 20.4 Å². The summed E-state index contributed by atoms with van der Waals surface area (Å²) in [4.78, 5) is 85.4. The van der Waals surface area contributed by atoms with Gasteiger partial charge in [0, 0.05) is 37.1 Å². The van der Waals surface area contributed by atoms with Gasteiger partial charge in [0.05, 0.1) is 33.2 Å². The fourth-order valence-electron chi connectivity index (χ4n) is 8.97. The average molecular weight is 1040 g/mol. The van der Waals surface area contributed by atoms with Crippen molar-refractivity contribution in [1.82, 2.24) is 30.4 Å². The number of carbonyl (C=O) groups is 6. The molecule has 19 nitrogen and oxygen atoms in total. The van der Waals surface area contributed by atoms with Crippen LogP contribution in [-0.4, -0.2) is 112 Å². The van der Waals surface area contributed by atoms with Gasteiger partial charge in [-0.25, -0.2) is 9.59 Å². The standard InChI is InChI=1S/C57H64N6O13/c1-8-46(42-31-37(4)54(71-7)49(33-42)70-6)56(68)62-28-10-9-14-47(62)57(69)75-48(23-17-39-16-15-35(2)36(3)30-39)41-12-11-13-45(32-41)73-34-43(64)20-26-53(72-29-27-52(67)76-63-50(65)24-25-51(63)66)74-44-21-18-40(19-22-44)55-60-58-38(5)59-61-55/h11-13,15-16,18-19,21-22,24-25,30-33,46-48,53H,8-10,14,17,20,23,26-29,34H2,1-7H3/t46-,47-,48+,53?/m0/s1. The molecule has 0 spiro atoms. The summed E-state index contributed by atoms with van der Waals surface area (Å²) < 4.78 is 35.7. The molecule has 76 heavy (non-hydrogen) atoms. The van der Waals surface area contributed by atoms with Crippen molar-refractivity contribution in [2.75, 3.05) is 34.0 Å². The first-order valence-corrected chi connectivity index (χ1v) is 25.4. The SMILES string of the molecule is CC[C@H](C(=O)N1CCCC[C@H]1C(=O)O[C@H](CCc1ccc(C)c(C)c1)c1cccc(OCC(=O)CCC(OCCC(=O)ON2C(=O)C=CC2=O)Oc2ccc(-c3nnc(C)nn3)cc2)c1)c1cc(C)c(OC)c(OC)c1. The number of benzene rings is 4. The van der Waals surface area contributed by atoms with E-state index in [-0.39, 0.29) is 44.2 Å². The van der Waals surface area contributed by atoms with Gasteiger partial charge in [0.15, 0.2) is 29.4 Å². The highest BCUT2D eigenvalue weighted by atomic mass is 16.7. The zero-order valence-corrected chi connectivity index (χ0v) is 43.9. The highest BCUT2D eigenvalue weighted by Gasteiger charge is 2.38. The monoisotopic (exact) mass is 1040 g/mol. The predicted octanol–water partition coefficient (Wildman–Crippen LogP) is 7.90. The number of methoxy groups -OCH3 is 2. The van der Waals surface area contributed by atoms with Crippen LogP contribution in [0.25, 0.3) is 11.4 Å². The molecule has 2 aliphatic heterocycles. The molecule has 2 aliphatic rings. The van der Waals surface area contributed by atoms with Gasteiger partial charge >= 0.3 is 11.9 Å². The minimum atomic E-state index is -1.03. The molecule has 7 rings (SSSR count). The highest BCUT2D eigenvalue weighted by Crippen LogP contribution is 2.37. The Morgan fingerprint density at radius 2 is 1.50 bits per heavy atom. The summed E-state index contributed by atoms with van der Waals surface area (Å²) in [5.74, 6) is -1.32. The van der Waals surface area contributed by atoms with Gasteiger partial charge in [-0.1, -0.05) is 48.4 Å². The quantitative estimate of drug-likeness (QED) is 0.0308. The Labute approximate surface area is 441 Å². The normalized spacial score (nSPS) is 15.4. The van der Waals surface area contributed by atoms with Crippen molar-refractivity contribution >= 4 is 35.4 Å². The summed E-state index contributed by atoms with van der Waals surface area (Å²) in [6.07, 6.45) is 3.36. The van der Waals surface area contributed by atoms with Crippen molar-refractivity contribution in [3.63, 3.8) is 0 Å². The summed E-state index contributed by atoms with van der Waals surface area (Å²) in [6.45, 7) is 9.51. The van der Waals surface area contributed by atoms with Crippen LogP contribution >= 0.6 is 0 Å². The molecule has 0 radical (unpaired) electrons. The average Bonchev–Trinajstić information content (AvgIpc) is 3.75. The lowest BCUT2D eigenvalue weighted by atomic mass is 9.91. The third-order valence-electron chi connectivity index (χ3n) is 13.2. The fourth-order valence-corrected chi connectivity index (χ4v) is 8.97. The molecule has 1 saturated heterocycles. The minimum absolute atomic E-state index is 0.0467. The van der Waals surface area contributed by atoms with Crippen LogP contribution in [0.5, 0.6) is 23.0 Å². The summed E-state index contributed by atoms with van der Waals surface area (Å²) in [7, 11) is 3.14. The van der Waals surface area contributed by atoms with E-state index in [1.165, 1.54) is 5.56 Å². The Kier molecular flexibility index (Phi) is 19.4. The zero-order chi connectivity index (χ0) is 54.3. The van der Waals surface area contributed by atoms with E-state index in [2.05, 4.69) is 52.4 Å². The van der Waals surface area contributed by atoms with Crippen LogP contribution in [-0.2, 0) is 49.5 Å². The molecule has 1 unspecified atom stereocenters. The van der Waals surface area contributed by atoms with E-state index in [0.717, 1.165) is 47.2 Å². The van der Waals surface area contributed by atoms with Gasteiger partial charge in [0.25, 0.3) is 11.8 Å². The van der Waals surface area contributed by atoms with E-state index >= 15 is 0 Å². The number of ether oxygens (including phenoxy) is 6. The largest absolute Gasteiger partial charge is 0.493 e. The molecule has 0 saturated carbocycles. The Morgan fingerprint density at radius 1 is 0.750 bits per heavy atom. The first kappa shape index (κ1) is 55.7. The van der Waals surface area contributed by atoms with Crippen molar-refractivity contribution in [3.8, 4) is 34.4 Å². The smallest absolute Gasteiger partial charge is 0.335 e. The van der Waals surface area contributed by atoms with Gasteiger partial charge in [0.2, 0.25) is 11.7 Å². The minimum Gasteiger partial charge on any atom is -0.493 e. The van der Waals surface area contributed by atoms with Gasteiger partial charge in [-0.05, 0) is 142 Å². The first-order chi connectivity index (χ1) is 36.6. The molecule has 4 aromatic carbocycles. The van der Waals surface area contributed by atoms with E-state index in [9.17, 15) is 28.8 Å². The summed E-state index contributed by atoms with van der Waals surface area (Å²) >= 11 is 0. The predicted molar refractivity (Wildman–Crippen MR) is 276 cm³/mol. The molecule has 0 N–H and O–H groups in total. The molecule has 19 heteroatoms. The van der Waals surface area contributed by atoms with Crippen molar-refractivity contribution in [1.29, 1.82) is 0 Å². The van der Waals surface area contributed by atoms with Crippen LogP contribution in [0.15, 0.2) is 91.0 Å². The molecule has 0 aliphatic carbocycles. The number of imide groups is 1. The van der Waals surface area contributed by atoms with Crippen molar-refractivity contribution < 1.29 is 62.0 Å². The molecule has 1 fully saturated rings. The van der Waals surface area contributed by atoms with Gasteiger partial charge in [-0.3, -0.25) is 19.2 Å². The van der Waals surface area contributed by atoms with Crippen LogP contribution in [0.1, 0.15) is 110 Å². The number of aromatic nitrogens is 4. The lowest BCUT2D eigenvalue weighted by Crippen LogP contribution is -2.50. The lowest BCUT2D eigenvalue weighted by Gasteiger charge is -2.37. The maximum atomic E-state index is 14.5. The maximum absolute atomic E-state index is 14.5. The third-order valence-corrected chi connectivity index (χ3v) is 13.2. The first-order valence-electron chi connectivity index (χ1n) is 25.4. The number of hydroxylamine groups is 2. The van der Waals surface area contributed by atoms with Gasteiger partial charge in [-0.2, -0.15) is 0 Å². The Bertz CT molecular complexity index is 2890. The number of aryl methyl sites for hydroxylation is 5.